The number of aryl methyl sites for hydroxylation is 2. The highest BCUT2D eigenvalue weighted by Gasteiger charge is 2.26. The summed E-state index contributed by atoms with van der Waals surface area (Å²) in [6.45, 7) is 3.94. The zero-order chi connectivity index (χ0) is 21.4. The first-order valence-corrected chi connectivity index (χ1v) is 10.5. The van der Waals surface area contributed by atoms with Crippen LogP contribution in [0.1, 0.15) is 53.4 Å². The van der Waals surface area contributed by atoms with Crippen molar-refractivity contribution in [3.63, 3.8) is 0 Å². The van der Waals surface area contributed by atoms with Crippen molar-refractivity contribution < 1.29 is 15.0 Å². The van der Waals surface area contributed by atoms with E-state index in [9.17, 15) is 19.8 Å². The average Bonchev–Trinajstić information content (AvgIpc) is 2.89. The van der Waals surface area contributed by atoms with Crippen molar-refractivity contribution in [2.24, 2.45) is 7.05 Å². The zero-order valence-electron chi connectivity index (χ0n) is 17.7. The van der Waals surface area contributed by atoms with E-state index in [1.165, 1.54) is 5.69 Å². The number of aromatic carboxylic acids is 1. The number of hydrogen-bond donors (Lipinski definition) is 4. The van der Waals surface area contributed by atoms with Gasteiger partial charge < -0.3 is 25.1 Å². The number of aromatic amines is 1. The lowest BCUT2D eigenvalue weighted by atomic mass is 9.98. The summed E-state index contributed by atoms with van der Waals surface area (Å²) in [5.74, 6) is -1.83. The van der Waals surface area contributed by atoms with E-state index in [2.05, 4.69) is 41.0 Å². The summed E-state index contributed by atoms with van der Waals surface area (Å²) in [6, 6.07) is 6.33. The minimum atomic E-state index is -1.42. The van der Waals surface area contributed by atoms with Gasteiger partial charge >= 0.3 is 5.97 Å². The number of carboxylic acids is 1. The highest BCUT2D eigenvalue weighted by Crippen LogP contribution is 2.38. The van der Waals surface area contributed by atoms with Crippen LogP contribution in [0.5, 0.6) is 5.75 Å². The Morgan fingerprint density at radius 3 is 2.74 bits per heavy atom. The second-order valence-corrected chi connectivity index (χ2v) is 7.98. The van der Waals surface area contributed by atoms with Gasteiger partial charge in [-0.3, -0.25) is 4.79 Å². The summed E-state index contributed by atoms with van der Waals surface area (Å²) in [6.07, 6.45) is 4.36. The summed E-state index contributed by atoms with van der Waals surface area (Å²) in [5.41, 5.74) is 3.92. The molecule has 2 heterocycles. The Morgan fingerprint density at radius 2 is 2.03 bits per heavy atom. The van der Waals surface area contributed by atoms with Crippen molar-refractivity contribution >= 4 is 29.3 Å². The molecule has 0 spiro atoms. The minimum Gasteiger partial charge on any atom is -0.506 e. The van der Waals surface area contributed by atoms with Crippen LogP contribution in [0.2, 0.25) is 0 Å². The van der Waals surface area contributed by atoms with Crippen molar-refractivity contribution in [3.05, 3.63) is 50.9 Å². The Hall–Kier alpha value is -2.77. The number of pyridine rings is 1. The molecule has 0 amide bonds. The summed E-state index contributed by atoms with van der Waals surface area (Å²) < 4.78 is 2.19. The average molecular weight is 446 g/mol. The van der Waals surface area contributed by atoms with Crippen LogP contribution in [0.4, 0.5) is 0 Å². The van der Waals surface area contributed by atoms with Crippen LogP contribution in [0.3, 0.4) is 0 Å². The van der Waals surface area contributed by atoms with Gasteiger partial charge in [-0.15, -0.1) is 12.4 Å². The van der Waals surface area contributed by atoms with E-state index >= 15 is 0 Å². The zero-order valence-corrected chi connectivity index (χ0v) is 18.6. The maximum atomic E-state index is 12.4. The van der Waals surface area contributed by atoms with E-state index in [4.69, 9.17) is 0 Å². The molecule has 1 aliphatic rings. The molecular formula is C23H28ClN3O4. The molecule has 0 atom stereocenters. The lowest BCUT2D eigenvalue weighted by Crippen LogP contribution is -2.20. The Labute approximate surface area is 186 Å². The molecule has 1 aromatic carbocycles. The number of fused-ring (bicyclic) bond motifs is 4. The second kappa shape index (κ2) is 9.16. The van der Waals surface area contributed by atoms with Gasteiger partial charge in [0, 0.05) is 41.3 Å². The normalized spacial score (nSPS) is 12.7. The number of nitrogens with one attached hydrogen (secondary N) is 2. The molecule has 2 aromatic heterocycles. The Morgan fingerprint density at radius 1 is 1.26 bits per heavy atom. The van der Waals surface area contributed by atoms with Gasteiger partial charge in [-0.1, -0.05) is 13.3 Å². The molecule has 0 saturated heterocycles. The number of rotatable bonds is 6. The quantitative estimate of drug-likeness (QED) is 0.432. The van der Waals surface area contributed by atoms with Crippen molar-refractivity contribution in [2.75, 3.05) is 6.54 Å². The molecule has 0 saturated carbocycles. The Balaban J connectivity index is 0.00000272. The summed E-state index contributed by atoms with van der Waals surface area (Å²) in [4.78, 5) is 26.5. The number of carboxylic acid groups (broad SMARTS) is 1. The van der Waals surface area contributed by atoms with Gasteiger partial charge in [0.1, 0.15) is 5.75 Å². The Bertz CT molecular complexity index is 1200. The molecule has 166 valence electrons. The van der Waals surface area contributed by atoms with Crippen LogP contribution >= 0.6 is 12.4 Å². The van der Waals surface area contributed by atoms with E-state index in [0.717, 1.165) is 60.8 Å². The topological polar surface area (TPSA) is 107 Å². The minimum absolute atomic E-state index is 0. The number of carbonyl (C=O) groups is 1. The van der Waals surface area contributed by atoms with E-state index in [-0.39, 0.29) is 12.4 Å². The second-order valence-electron chi connectivity index (χ2n) is 7.98. The van der Waals surface area contributed by atoms with E-state index < -0.39 is 22.8 Å². The first-order chi connectivity index (χ1) is 14.4. The van der Waals surface area contributed by atoms with Crippen LogP contribution in [0, 0.1) is 0 Å². The fraction of sp³-hybridized carbons (Fsp3) is 0.391. The smallest absolute Gasteiger partial charge is 0.345 e. The van der Waals surface area contributed by atoms with Gasteiger partial charge in [-0.2, -0.15) is 0 Å². The molecule has 1 aliphatic carbocycles. The van der Waals surface area contributed by atoms with Crippen LogP contribution in [-0.4, -0.2) is 32.3 Å². The third-order valence-corrected chi connectivity index (χ3v) is 6.03. The lowest BCUT2D eigenvalue weighted by molar-refractivity contribution is 0.0691. The standard InChI is InChI=1S/C23H27N3O4.ClH/c1-3-4-8-24-12-15-9-14-10-17-13(11-18(14)26(15)2)6-5-7-16-20(17)25-22(28)19(21(16)27)23(29)30;/h9-11,24H,3-8,12H2,1-2H3,(H,29,30)(H2,25,27,28);1H. The van der Waals surface area contributed by atoms with Crippen molar-refractivity contribution in [1.82, 2.24) is 14.9 Å². The van der Waals surface area contributed by atoms with Gasteiger partial charge in [0.05, 0.1) is 5.69 Å². The van der Waals surface area contributed by atoms with Gasteiger partial charge in [-0.05, 0) is 56.0 Å². The molecule has 0 bridgehead atoms. The lowest BCUT2D eigenvalue weighted by Gasteiger charge is -2.13. The molecule has 0 radical (unpaired) electrons. The largest absolute Gasteiger partial charge is 0.506 e. The number of nitrogens with zero attached hydrogens (tertiary/aromatic N) is 1. The highest BCUT2D eigenvalue weighted by atomic mass is 35.5. The summed E-state index contributed by atoms with van der Waals surface area (Å²) >= 11 is 0. The van der Waals surface area contributed by atoms with Crippen molar-refractivity contribution in [3.8, 4) is 17.0 Å². The molecular weight excluding hydrogens is 418 g/mol. The number of aromatic hydroxyl groups is 1. The van der Waals surface area contributed by atoms with E-state index in [0.29, 0.717) is 17.7 Å². The third kappa shape index (κ3) is 4.07. The van der Waals surface area contributed by atoms with Crippen LogP contribution in [-0.2, 0) is 26.4 Å². The Kier molecular flexibility index (Phi) is 6.77. The molecule has 0 unspecified atom stereocenters. The van der Waals surface area contributed by atoms with Crippen LogP contribution in [0.15, 0.2) is 23.0 Å². The molecule has 0 fully saturated rings. The number of halogens is 1. The maximum Gasteiger partial charge on any atom is 0.345 e. The predicted molar refractivity (Wildman–Crippen MR) is 123 cm³/mol. The first kappa shape index (κ1) is 22.9. The highest BCUT2D eigenvalue weighted by molar-refractivity contribution is 5.93. The first-order valence-electron chi connectivity index (χ1n) is 10.5. The molecule has 0 aliphatic heterocycles. The van der Waals surface area contributed by atoms with Crippen molar-refractivity contribution in [1.29, 1.82) is 0 Å². The maximum absolute atomic E-state index is 12.4. The number of hydrogen-bond acceptors (Lipinski definition) is 4. The van der Waals surface area contributed by atoms with Gasteiger partial charge in [0.25, 0.3) is 5.56 Å². The molecule has 7 nitrogen and oxygen atoms in total. The fourth-order valence-corrected chi connectivity index (χ4v) is 4.37. The van der Waals surface area contributed by atoms with Gasteiger partial charge in [0.2, 0.25) is 0 Å². The number of aromatic nitrogens is 2. The summed E-state index contributed by atoms with van der Waals surface area (Å²) in [5, 5.41) is 24.4. The van der Waals surface area contributed by atoms with Gasteiger partial charge in [0.15, 0.2) is 5.56 Å². The van der Waals surface area contributed by atoms with Crippen molar-refractivity contribution in [2.45, 2.75) is 45.6 Å². The molecule has 4 rings (SSSR count). The fourth-order valence-electron chi connectivity index (χ4n) is 4.37. The molecule has 8 heteroatoms. The van der Waals surface area contributed by atoms with Crippen LogP contribution < -0.4 is 10.9 Å². The number of benzene rings is 1. The molecule has 3 aromatic rings. The van der Waals surface area contributed by atoms with Crippen LogP contribution in [0.25, 0.3) is 22.2 Å². The van der Waals surface area contributed by atoms with E-state index in [1.54, 1.807) is 0 Å². The third-order valence-electron chi connectivity index (χ3n) is 6.03. The monoisotopic (exact) mass is 445 g/mol. The molecule has 31 heavy (non-hydrogen) atoms. The SMILES string of the molecule is CCCCNCc1cc2cc3c(cc2n1C)CCCc1c-3[nH]c(=O)c(C(=O)O)c1O.Cl. The van der Waals surface area contributed by atoms with Gasteiger partial charge in [-0.25, -0.2) is 4.79 Å². The predicted octanol–water partition coefficient (Wildman–Crippen LogP) is 3.74. The van der Waals surface area contributed by atoms with E-state index in [1.807, 2.05) is 6.07 Å². The number of H-pyrrole nitrogens is 1. The summed E-state index contributed by atoms with van der Waals surface area (Å²) in [7, 11) is 2.06. The molecule has 4 N–H and O–H groups in total. The number of unbranched alkanes of at least 4 members (excludes halogenated alkanes) is 1.